The van der Waals surface area contributed by atoms with Crippen LogP contribution in [0, 0.1) is 13.8 Å². The first-order chi connectivity index (χ1) is 10.3. The van der Waals surface area contributed by atoms with Crippen molar-refractivity contribution in [1.29, 1.82) is 0 Å². The average Bonchev–Trinajstić information content (AvgIpc) is 2.76. The number of rotatable bonds is 6. The summed E-state index contributed by atoms with van der Waals surface area (Å²) in [5, 5.41) is 4.50. The van der Waals surface area contributed by atoms with E-state index >= 15 is 0 Å². The van der Waals surface area contributed by atoms with Gasteiger partial charge in [-0.15, -0.1) is 0 Å². The number of nitrogens with zero attached hydrogens (tertiary/aromatic N) is 4. The zero-order valence-electron chi connectivity index (χ0n) is 13.2. The molecule has 0 aromatic carbocycles. The molecule has 2 aromatic rings. The van der Waals surface area contributed by atoms with Crippen LogP contribution in [0.25, 0.3) is 5.82 Å². The van der Waals surface area contributed by atoms with Gasteiger partial charge in [-0.2, -0.15) is 17.8 Å². The minimum atomic E-state index is -3.40. The maximum atomic E-state index is 11.7. The average molecular weight is 323 g/mol. The van der Waals surface area contributed by atoms with Crippen LogP contribution in [0.2, 0.25) is 0 Å². The van der Waals surface area contributed by atoms with Crippen molar-refractivity contribution in [2.75, 3.05) is 20.6 Å². The summed E-state index contributed by atoms with van der Waals surface area (Å²) in [5.41, 5.74) is 2.89. The molecule has 0 spiro atoms. The van der Waals surface area contributed by atoms with Gasteiger partial charge >= 0.3 is 0 Å². The normalized spacial score (nSPS) is 12.0. The molecule has 22 heavy (non-hydrogen) atoms. The summed E-state index contributed by atoms with van der Waals surface area (Å²) in [5.74, 6) is 0.753. The molecule has 2 heterocycles. The Morgan fingerprint density at radius 3 is 2.59 bits per heavy atom. The van der Waals surface area contributed by atoms with Crippen LogP contribution < -0.4 is 4.72 Å². The van der Waals surface area contributed by atoms with Crippen LogP contribution in [0.15, 0.2) is 24.4 Å². The summed E-state index contributed by atoms with van der Waals surface area (Å²) in [6, 6.07) is 5.65. The summed E-state index contributed by atoms with van der Waals surface area (Å²) in [6.07, 6.45) is 2.30. The molecule has 0 atom stereocenters. The highest BCUT2D eigenvalue weighted by Crippen LogP contribution is 2.16. The smallest absolute Gasteiger partial charge is 0.237 e. The van der Waals surface area contributed by atoms with Crippen molar-refractivity contribution >= 4 is 10.2 Å². The Morgan fingerprint density at radius 1 is 1.27 bits per heavy atom. The highest BCUT2D eigenvalue weighted by molar-refractivity contribution is 7.87. The first-order valence-corrected chi connectivity index (χ1v) is 8.40. The van der Waals surface area contributed by atoms with Crippen molar-refractivity contribution in [3.8, 4) is 5.82 Å². The predicted octanol–water partition coefficient (Wildman–Crippen LogP) is 0.823. The molecule has 2 aromatic heterocycles. The molecule has 0 radical (unpaired) electrons. The van der Waals surface area contributed by atoms with E-state index in [2.05, 4.69) is 14.8 Å². The van der Waals surface area contributed by atoms with E-state index in [0.717, 1.165) is 27.1 Å². The van der Waals surface area contributed by atoms with Gasteiger partial charge in [0.15, 0.2) is 5.82 Å². The van der Waals surface area contributed by atoms with Gasteiger partial charge in [-0.3, -0.25) is 0 Å². The Morgan fingerprint density at radius 2 is 2.00 bits per heavy atom. The van der Waals surface area contributed by atoms with Gasteiger partial charge in [0.2, 0.25) is 0 Å². The van der Waals surface area contributed by atoms with E-state index in [1.165, 1.54) is 14.1 Å². The van der Waals surface area contributed by atoms with Gasteiger partial charge in [0.25, 0.3) is 10.2 Å². The molecule has 120 valence electrons. The van der Waals surface area contributed by atoms with Gasteiger partial charge in [-0.1, -0.05) is 6.07 Å². The Bertz CT molecular complexity index is 738. The van der Waals surface area contributed by atoms with Gasteiger partial charge in [-0.05, 0) is 38.0 Å². The highest BCUT2D eigenvalue weighted by Gasteiger charge is 2.16. The summed E-state index contributed by atoms with van der Waals surface area (Å²) in [6.45, 7) is 4.21. The summed E-state index contributed by atoms with van der Waals surface area (Å²) in [7, 11) is -0.400. The van der Waals surface area contributed by atoms with Gasteiger partial charge in [0.1, 0.15) is 0 Å². The molecular formula is C14H21N5O2S. The quantitative estimate of drug-likeness (QED) is 0.853. The van der Waals surface area contributed by atoms with Crippen molar-refractivity contribution in [1.82, 2.24) is 23.8 Å². The summed E-state index contributed by atoms with van der Waals surface area (Å²) >= 11 is 0. The molecule has 8 heteroatoms. The van der Waals surface area contributed by atoms with Gasteiger partial charge < -0.3 is 0 Å². The highest BCUT2D eigenvalue weighted by atomic mass is 32.2. The minimum absolute atomic E-state index is 0.329. The molecule has 0 saturated carbocycles. The van der Waals surface area contributed by atoms with Crippen molar-refractivity contribution in [3.63, 3.8) is 0 Å². The molecular weight excluding hydrogens is 302 g/mol. The van der Waals surface area contributed by atoms with Gasteiger partial charge in [-0.25, -0.2) is 14.4 Å². The molecule has 0 unspecified atom stereocenters. The number of aryl methyl sites for hydroxylation is 1. The second-order valence-corrected chi connectivity index (χ2v) is 7.15. The van der Waals surface area contributed by atoms with Crippen molar-refractivity contribution < 1.29 is 8.42 Å². The fraction of sp³-hybridized carbons (Fsp3) is 0.429. The second-order valence-electron chi connectivity index (χ2n) is 5.18. The van der Waals surface area contributed by atoms with Crippen molar-refractivity contribution in [3.05, 3.63) is 41.3 Å². The lowest BCUT2D eigenvalue weighted by Crippen LogP contribution is -2.36. The molecule has 1 N–H and O–H groups in total. The van der Waals surface area contributed by atoms with Crippen molar-refractivity contribution in [2.24, 2.45) is 0 Å². The molecule has 2 rings (SSSR count). The third-order valence-electron chi connectivity index (χ3n) is 3.45. The number of pyridine rings is 1. The zero-order chi connectivity index (χ0) is 16.3. The van der Waals surface area contributed by atoms with Crippen LogP contribution >= 0.6 is 0 Å². The number of hydrogen-bond acceptors (Lipinski definition) is 4. The van der Waals surface area contributed by atoms with E-state index < -0.39 is 10.2 Å². The van der Waals surface area contributed by atoms with Gasteiger partial charge in [0, 0.05) is 32.5 Å². The predicted molar refractivity (Wildman–Crippen MR) is 85.1 cm³/mol. The third kappa shape index (κ3) is 3.52. The van der Waals surface area contributed by atoms with Crippen LogP contribution in [0.5, 0.6) is 0 Å². The molecule has 0 fully saturated rings. The lowest BCUT2D eigenvalue weighted by molar-refractivity contribution is 0.506. The number of aromatic nitrogens is 3. The van der Waals surface area contributed by atoms with E-state index in [0.29, 0.717) is 13.0 Å². The second kappa shape index (κ2) is 6.55. The lowest BCUT2D eigenvalue weighted by atomic mass is 10.1. The van der Waals surface area contributed by atoms with Gasteiger partial charge in [0.05, 0.1) is 5.69 Å². The monoisotopic (exact) mass is 323 g/mol. The maximum absolute atomic E-state index is 11.7. The molecule has 0 aliphatic carbocycles. The van der Waals surface area contributed by atoms with E-state index in [4.69, 9.17) is 0 Å². The molecule has 0 saturated heterocycles. The van der Waals surface area contributed by atoms with E-state index in [1.54, 1.807) is 10.9 Å². The van der Waals surface area contributed by atoms with E-state index in [-0.39, 0.29) is 0 Å². The Labute approximate surface area is 131 Å². The summed E-state index contributed by atoms with van der Waals surface area (Å²) < 4.78 is 28.9. The largest absolute Gasteiger partial charge is 0.278 e. The fourth-order valence-corrected chi connectivity index (χ4v) is 2.79. The standard InChI is InChI=1S/C14H21N5O2S/c1-11-13(8-10-16-22(20,21)18(3)4)12(2)19(17-11)14-7-5-6-9-15-14/h5-7,9,16H,8,10H2,1-4H3. The molecule has 0 aliphatic rings. The van der Waals surface area contributed by atoms with E-state index in [1.807, 2.05) is 32.0 Å². The Balaban J connectivity index is 2.15. The lowest BCUT2D eigenvalue weighted by Gasteiger charge is -2.12. The fourth-order valence-electron chi connectivity index (χ4n) is 2.17. The van der Waals surface area contributed by atoms with Crippen LogP contribution in [0.4, 0.5) is 0 Å². The van der Waals surface area contributed by atoms with Crippen molar-refractivity contribution in [2.45, 2.75) is 20.3 Å². The Hall–Kier alpha value is -1.77. The first kappa shape index (κ1) is 16.6. The topological polar surface area (TPSA) is 80.1 Å². The van der Waals surface area contributed by atoms with E-state index in [9.17, 15) is 8.42 Å². The number of nitrogens with one attached hydrogen (secondary N) is 1. The first-order valence-electron chi connectivity index (χ1n) is 6.96. The summed E-state index contributed by atoms with van der Waals surface area (Å²) in [4.78, 5) is 4.29. The van der Waals surface area contributed by atoms with Crippen LogP contribution in [-0.2, 0) is 16.6 Å². The number of hydrogen-bond donors (Lipinski definition) is 1. The minimum Gasteiger partial charge on any atom is -0.237 e. The zero-order valence-corrected chi connectivity index (χ0v) is 14.1. The molecule has 7 nitrogen and oxygen atoms in total. The molecule has 0 aliphatic heterocycles. The third-order valence-corrected chi connectivity index (χ3v) is 4.98. The van der Waals surface area contributed by atoms with Crippen LogP contribution in [0.3, 0.4) is 0 Å². The molecule has 0 amide bonds. The van der Waals surface area contributed by atoms with Crippen LogP contribution in [0.1, 0.15) is 17.0 Å². The Kier molecular flexibility index (Phi) is 4.94. The molecule has 0 bridgehead atoms. The van der Waals surface area contributed by atoms with Crippen LogP contribution in [-0.4, -0.2) is 48.1 Å². The SMILES string of the molecule is Cc1nn(-c2ccccn2)c(C)c1CCNS(=O)(=O)N(C)C. The maximum Gasteiger partial charge on any atom is 0.278 e.